The number of halogens is 2. The van der Waals surface area contributed by atoms with E-state index in [-0.39, 0.29) is 24.2 Å². The van der Waals surface area contributed by atoms with E-state index in [0.29, 0.717) is 0 Å². The van der Waals surface area contributed by atoms with Crippen LogP contribution in [0.1, 0.15) is 22.7 Å². The molecule has 0 saturated carbocycles. The molecule has 0 aromatic heterocycles. The van der Waals surface area contributed by atoms with Crippen molar-refractivity contribution in [2.24, 2.45) is 0 Å². The molecule has 3 aromatic rings. The molecule has 2 N–H and O–H groups in total. The highest BCUT2D eigenvalue weighted by molar-refractivity contribution is 5.93. The predicted octanol–water partition coefficient (Wildman–Crippen LogP) is 4.91. The maximum Gasteiger partial charge on any atom is 0.387 e. The number of anilines is 1. The molecule has 0 bridgehead atoms. The first-order chi connectivity index (χ1) is 14.0. The second-order valence-electron chi connectivity index (χ2n) is 6.54. The van der Waals surface area contributed by atoms with Crippen molar-refractivity contribution >= 4 is 11.6 Å². The van der Waals surface area contributed by atoms with Crippen LogP contribution in [0.4, 0.5) is 14.5 Å². The smallest absolute Gasteiger partial charge is 0.387 e. The Hall–Kier alpha value is -3.25. The zero-order valence-electron chi connectivity index (χ0n) is 15.9. The number of rotatable bonds is 8. The summed E-state index contributed by atoms with van der Waals surface area (Å²) in [6.45, 7) is -0.851. The Morgan fingerprint density at radius 3 is 2.17 bits per heavy atom. The highest BCUT2D eigenvalue weighted by Crippen LogP contribution is 2.25. The van der Waals surface area contributed by atoms with Crippen LogP contribution in [0.25, 0.3) is 0 Å². The molecule has 3 aromatic carbocycles. The molecule has 1 atom stereocenters. The molecule has 3 rings (SSSR count). The van der Waals surface area contributed by atoms with E-state index >= 15 is 0 Å². The molecule has 0 fully saturated rings. The van der Waals surface area contributed by atoms with E-state index in [2.05, 4.69) is 15.4 Å². The number of aryl methyl sites for hydroxylation is 1. The molecule has 0 radical (unpaired) electrons. The summed E-state index contributed by atoms with van der Waals surface area (Å²) in [6, 6.07) is 23.3. The van der Waals surface area contributed by atoms with E-state index in [1.54, 1.807) is 12.1 Å². The van der Waals surface area contributed by atoms with E-state index < -0.39 is 6.61 Å². The van der Waals surface area contributed by atoms with Gasteiger partial charge in [-0.15, -0.1) is 0 Å². The minimum atomic E-state index is -2.87. The van der Waals surface area contributed by atoms with E-state index in [9.17, 15) is 13.6 Å². The zero-order chi connectivity index (χ0) is 20.6. The molecule has 1 amide bonds. The number of carbonyl (C=O) groups is 1. The normalized spacial score (nSPS) is 11.9. The summed E-state index contributed by atoms with van der Waals surface area (Å²) in [5, 5.41) is 6.15. The number of nitrogens with one attached hydrogen (secondary N) is 2. The van der Waals surface area contributed by atoms with Gasteiger partial charge in [0.1, 0.15) is 5.75 Å². The third-order valence-electron chi connectivity index (χ3n) is 4.46. The fraction of sp³-hybridized carbons (Fsp3) is 0.174. The van der Waals surface area contributed by atoms with Gasteiger partial charge in [-0.3, -0.25) is 10.1 Å². The van der Waals surface area contributed by atoms with E-state index in [1.807, 2.05) is 61.5 Å². The minimum absolute atomic E-state index is 0.0865. The number of alkyl halides is 2. The molecular weight excluding hydrogens is 374 g/mol. The largest absolute Gasteiger partial charge is 0.435 e. The highest BCUT2D eigenvalue weighted by Gasteiger charge is 2.16. The lowest BCUT2D eigenvalue weighted by atomic mass is 9.98. The Kier molecular flexibility index (Phi) is 6.92. The number of para-hydroxylation sites is 1. The lowest BCUT2D eigenvalue weighted by Gasteiger charge is -2.20. The van der Waals surface area contributed by atoms with Crippen molar-refractivity contribution in [3.8, 4) is 5.75 Å². The monoisotopic (exact) mass is 396 g/mol. The number of hydrogen-bond donors (Lipinski definition) is 2. The first-order valence-corrected chi connectivity index (χ1v) is 9.21. The SMILES string of the molecule is Cc1ccccc1NC(=O)CN[C@H](c1ccccc1)c1ccc(OC(F)F)cc1. The topological polar surface area (TPSA) is 50.4 Å². The summed E-state index contributed by atoms with van der Waals surface area (Å²) in [5.74, 6) is -0.0780. The molecule has 0 aliphatic rings. The van der Waals surface area contributed by atoms with Gasteiger partial charge in [-0.2, -0.15) is 8.78 Å². The summed E-state index contributed by atoms with van der Waals surface area (Å²) >= 11 is 0. The molecule has 150 valence electrons. The van der Waals surface area contributed by atoms with Crippen LogP contribution in [0.2, 0.25) is 0 Å². The van der Waals surface area contributed by atoms with Crippen molar-refractivity contribution in [3.05, 3.63) is 95.6 Å². The third kappa shape index (κ3) is 5.86. The fourth-order valence-electron chi connectivity index (χ4n) is 3.02. The average molecular weight is 396 g/mol. The van der Waals surface area contributed by atoms with Gasteiger partial charge in [0.05, 0.1) is 12.6 Å². The molecule has 0 saturated heterocycles. The van der Waals surface area contributed by atoms with Gasteiger partial charge in [0.25, 0.3) is 0 Å². The van der Waals surface area contributed by atoms with Gasteiger partial charge in [-0.1, -0.05) is 60.7 Å². The first kappa shape index (κ1) is 20.5. The van der Waals surface area contributed by atoms with Crippen LogP contribution >= 0.6 is 0 Å². The number of ether oxygens (including phenoxy) is 1. The molecule has 0 heterocycles. The summed E-state index contributed by atoms with van der Waals surface area (Å²) in [5.41, 5.74) is 3.54. The Labute approximate surface area is 168 Å². The molecule has 0 aliphatic carbocycles. The van der Waals surface area contributed by atoms with E-state index in [1.165, 1.54) is 12.1 Å². The second-order valence-corrected chi connectivity index (χ2v) is 6.54. The Morgan fingerprint density at radius 2 is 1.52 bits per heavy atom. The van der Waals surface area contributed by atoms with Crippen LogP contribution in [0.15, 0.2) is 78.9 Å². The van der Waals surface area contributed by atoms with Crippen LogP contribution in [0.5, 0.6) is 5.75 Å². The quantitative estimate of drug-likeness (QED) is 0.569. The maximum atomic E-state index is 12.4. The molecule has 6 heteroatoms. The highest BCUT2D eigenvalue weighted by atomic mass is 19.3. The number of carbonyl (C=O) groups excluding carboxylic acids is 1. The maximum absolute atomic E-state index is 12.4. The Balaban J connectivity index is 1.73. The molecule has 4 nitrogen and oxygen atoms in total. The number of amides is 1. The van der Waals surface area contributed by atoms with Crippen molar-refractivity contribution in [2.45, 2.75) is 19.6 Å². The van der Waals surface area contributed by atoms with E-state index in [0.717, 1.165) is 22.4 Å². The van der Waals surface area contributed by atoms with Crippen LogP contribution in [-0.2, 0) is 4.79 Å². The van der Waals surface area contributed by atoms with Crippen molar-refractivity contribution in [2.75, 3.05) is 11.9 Å². The zero-order valence-corrected chi connectivity index (χ0v) is 15.9. The molecule has 0 spiro atoms. The first-order valence-electron chi connectivity index (χ1n) is 9.21. The lowest BCUT2D eigenvalue weighted by Crippen LogP contribution is -2.32. The number of hydrogen-bond acceptors (Lipinski definition) is 3. The van der Waals surface area contributed by atoms with Crippen LogP contribution < -0.4 is 15.4 Å². The van der Waals surface area contributed by atoms with Crippen molar-refractivity contribution < 1.29 is 18.3 Å². The van der Waals surface area contributed by atoms with Gasteiger partial charge >= 0.3 is 6.61 Å². The summed E-state index contributed by atoms with van der Waals surface area (Å²) in [7, 11) is 0. The van der Waals surface area contributed by atoms with Gasteiger partial charge in [0, 0.05) is 5.69 Å². The minimum Gasteiger partial charge on any atom is -0.435 e. The van der Waals surface area contributed by atoms with Crippen molar-refractivity contribution in [1.29, 1.82) is 0 Å². The van der Waals surface area contributed by atoms with Gasteiger partial charge in [0.2, 0.25) is 5.91 Å². The molecule has 29 heavy (non-hydrogen) atoms. The van der Waals surface area contributed by atoms with E-state index in [4.69, 9.17) is 0 Å². The summed E-state index contributed by atoms with van der Waals surface area (Å²) in [6.07, 6.45) is 0. The predicted molar refractivity (Wildman–Crippen MR) is 109 cm³/mol. The van der Waals surface area contributed by atoms with Crippen molar-refractivity contribution in [1.82, 2.24) is 5.32 Å². The van der Waals surface area contributed by atoms with Crippen molar-refractivity contribution in [3.63, 3.8) is 0 Å². The molecule has 0 unspecified atom stereocenters. The third-order valence-corrected chi connectivity index (χ3v) is 4.46. The van der Waals surface area contributed by atoms with Crippen LogP contribution in [0.3, 0.4) is 0 Å². The van der Waals surface area contributed by atoms with Crippen LogP contribution in [0, 0.1) is 6.92 Å². The standard InChI is InChI=1S/C23H22F2N2O2/c1-16-7-5-6-10-20(16)27-21(28)15-26-22(17-8-3-2-4-9-17)18-11-13-19(14-12-18)29-23(24)25/h2-14,22-23,26H,15H2,1H3,(H,27,28)/t22-/m1/s1. The second kappa shape index (κ2) is 9.80. The number of benzene rings is 3. The van der Waals surface area contributed by atoms with Gasteiger partial charge in [0.15, 0.2) is 0 Å². The fourth-order valence-corrected chi connectivity index (χ4v) is 3.02. The Morgan fingerprint density at radius 1 is 0.897 bits per heavy atom. The lowest BCUT2D eigenvalue weighted by molar-refractivity contribution is -0.115. The van der Waals surface area contributed by atoms with Gasteiger partial charge in [-0.25, -0.2) is 0 Å². The van der Waals surface area contributed by atoms with Gasteiger partial charge < -0.3 is 10.1 Å². The molecular formula is C23H22F2N2O2. The van der Waals surface area contributed by atoms with Gasteiger partial charge in [-0.05, 0) is 41.8 Å². The summed E-state index contributed by atoms with van der Waals surface area (Å²) < 4.78 is 29.2. The van der Waals surface area contributed by atoms with Crippen LogP contribution in [-0.4, -0.2) is 19.1 Å². The average Bonchev–Trinajstić information content (AvgIpc) is 2.71. The molecule has 0 aliphatic heterocycles. The Bertz CT molecular complexity index is 931. The summed E-state index contributed by atoms with van der Waals surface area (Å²) in [4.78, 5) is 12.4.